The van der Waals surface area contributed by atoms with Gasteiger partial charge in [0.15, 0.2) is 0 Å². The Balaban J connectivity index is 2.07. The van der Waals surface area contributed by atoms with Crippen LogP contribution in [0.15, 0.2) is 34.8 Å². The molecule has 0 radical (unpaired) electrons. The van der Waals surface area contributed by atoms with Crippen molar-refractivity contribution in [3.63, 3.8) is 0 Å². The van der Waals surface area contributed by atoms with Crippen molar-refractivity contribution in [1.82, 2.24) is 9.78 Å². The molecule has 0 saturated carbocycles. The normalized spacial score (nSPS) is 11.0. The summed E-state index contributed by atoms with van der Waals surface area (Å²) in [7, 11) is 1.86. The van der Waals surface area contributed by atoms with E-state index in [0.717, 1.165) is 27.1 Å². The second-order valence-electron chi connectivity index (χ2n) is 4.54. The van der Waals surface area contributed by atoms with Gasteiger partial charge in [-0.15, -0.1) is 0 Å². The summed E-state index contributed by atoms with van der Waals surface area (Å²) in [5.41, 5.74) is 3.50. The molecule has 0 fully saturated rings. The van der Waals surface area contributed by atoms with Crippen molar-refractivity contribution in [1.29, 1.82) is 0 Å². The largest absolute Gasteiger partial charge is 0.319 e. The highest BCUT2D eigenvalue weighted by molar-refractivity contribution is 9.10. The number of hydrogen-bond acceptors (Lipinski definition) is 2. The molecular weight excluding hydrogens is 318 g/mol. The second-order valence-corrected chi connectivity index (χ2v) is 5.46. The number of amides is 1. The fourth-order valence-electron chi connectivity index (χ4n) is 1.87. The first kappa shape index (κ1) is 14.5. The van der Waals surface area contributed by atoms with Crippen LogP contribution in [0.1, 0.15) is 17.0 Å². The Bertz CT molecular complexity index is 657. The number of hydrogen-bond donors (Lipinski definition) is 1. The van der Waals surface area contributed by atoms with Crippen LogP contribution < -0.4 is 5.32 Å². The van der Waals surface area contributed by atoms with Gasteiger partial charge in [-0.3, -0.25) is 9.48 Å². The number of nitrogens with one attached hydrogen (secondary N) is 1. The number of carbonyl (C=O) groups excluding carboxylic acids is 1. The zero-order valence-electron chi connectivity index (χ0n) is 11.6. The average Bonchev–Trinajstić information content (AvgIpc) is 2.65. The summed E-state index contributed by atoms with van der Waals surface area (Å²) >= 11 is 3.38. The first-order chi connectivity index (χ1) is 9.47. The predicted molar refractivity (Wildman–Crippen MR) is 84.5 cm³/mol. The molecule has 1 N–H and O–H groups in total. The van der Waals surface area contributed by atoms with Crippen molar-refractivity contribution < 1.29 is 4.79 Å². The molecule has 1 heterocycles. The van der Waals surface area contributed by atoms with E-state index in [4.69, 9.17) is 0 Å². The van der Waals surface area contributed by atoms with E-state index in [1.165, 1.54) is 6.08 Å². The van der Waals surface area contributed by atoms with E-state index in [0.29, 0.717) is 0 Å². The highest BCUT2D eigenvalue weighted by atomic mass is 79.9. The molecule has 2 aromatic rings. The van der Waals surface area contributed by atoms with Crippen LogP contribution in [0.5, 0.6) is 0 Å². The van der Waals surface area contributed by atoms with Crippen LogP contribution in [0.3, 0.4) is 0 Å². The quantitative estimate of drug-likeness (QED) is 0.874. The molecule has 1 aromatic heterocycles. The molecule has 0 spiro atoms. The molecule has 0 unspecified atom stereocenters. The topological polar surface area (TPSA) is 46.9 Å². The summed E-state index contributed by atoms with van der Waals surface area (Å²) in [5.74, 6) is -0.160. The molecule has 5 heteroatoms. The fourth-order valence-corrected chi connectivity index (χ4v) is 2.13. The first-order valence-electron chi connectivity index (χ1n) is 6.22. The number of aryl methyl sites for hydroxylation is 2. The van der Waals surface area contributed by atoms with Gasteiger partial charge in [0.1, 0.15) is 0 Å². The van der Waals surface area contributed by atoms with Gasteiger partial charge < -0.3 is 5.32 Å². The number of nitrogens with zero attached hydrogens (tertiary/aromatic N) is 2. The van der Waals surface area contributed by atoms with Crippen LogP contribution in [-0.4, -0.2) is 15.7 Å². The number of halogens is 1. The third-order valence-electron chi connectivity index (χ3n) is 3.05. The van der Waals surface area contributed by atoms with Crippen LogP contribution in [0.2, 0.25) is 0 Å². The first-order valence-corrected chi connectivity index (χ1v) is 7.01. The van der Waals surface area contributed by atoms with Crippen LogP contribution in [0.25, 0.3) is 6.08 Å². The Morgan fingerprint density at radius 3 is 2.50 bits per heavy atom. The van der Waals surface area contributed by atoms with Gasteiger partial charge in [-0.05, 0) is 37.6 Å². The van der Waals surface area contributed by atoms with Crippen LogP contribution in [0, 0.1) is 13.8 Å². The van der Waals surface area contributed by atoms with Gasteiger partial charge in [0.25, 0.3) is 0 Å². The molecule has 1 aromatic carbocycles. The molecule has 4 nitrogen and oxygen atoms in total. The Hall–Kier alpha value is -1.88. The number of anilines is 1. The zero-order chi connectivity index (χ0) is 14.7. The van der Waals surface area contributed by atoms with Crippen LogP contribution in [0.4, 0.5) is 5.69 Å². The number of benzene rings is 1. The fraction of sp³-hybridized carbons (Fsp3) is 0.200. The Kier molecular flexibility index (Phi) is 4.39. The van der Waals surface area contributed by atoms with E-state index in [9.17, 15) is 4.79 Å². The standard InChI is InChI=1S/C15H16BrN3O/c1-10-15(11(2)19(3)18-10)17-14(20)9-6-12-4-7-13(16)8-5-12/h4-9H,1-3H3,(H,17,20). The number of aromatic nitrogens is 2. The minimum atomic E-state index is -0.160. The van der Waals surface area contributed by atoms with Crippen molar-refractivity contribution in [2.75, 3.05) is 5.32 Å². The van der Waals surface area contributed by atoms with E-state index < -0.39 is 0 Å². The zero-order valence-corrected chi connectivity index (χ0v) is 13.2. The molecule has 0 aliphatic carbocycles. The van der Waals surface area contributed by atoms with E-state index >= 15 is 0 Å². The van der Waals surface area contributed by atoms with Gasteiger partial charge in [-0.1, -0.05) is 28.1 Å². The SMILES string of the molecule is Cc1nn(C)c(C)c1NC(=O)C=Cc1ccc(Br)cc1. The summed E-state index contributed by atoms with van der Waals surface area (Å²) in [4.78, 5) is 11.9. The van der Waals surface area contributed by atoms with Crippen LogP contribution >= 0.6 is 15.9 Å². The number of carbonyl (C=O) groups is 1. The third-order valence-corrected chi connectivity index (χ3v) is 3.58. The van der Waals surface area contributed by atoms with Crippen molar-refractivity contribution in [3.8, 4) is 0 Å². The van der Waals surface area contributed by atoms with Gasteiger partial charge in [0.2, 0.25) is 5.91 Å². The molecule has 0 saturated heterocycles. The molecule has 0 bridgehead atoms. The van der Waals surface area contributed by atoms with Crippen molar-refractivity contribution in [3.05, 3.63) is 51.8 Å². The van der Waals surface area contributed by atoms with E-state index in [1.54, 1.807) is 10.8 Å². The summed E-state index contributed by atoms with van der Waals surface area (Å²) in [6, 6.07) is 7.75. The summed E-state index contributed by atoms with van der Waals surface area (Å²) in [6.45, 7) is 3.80. The Morgan fingerprint density at radius 1 is 1.30 bits per heavy atom. The monoisotopic (exact) mass is 333 g/mol. The molecule has 104 valence electrons. The molecule has 0 aliphatic rings. The summed E-state index contributed by atoms with van der Waals surface area (Å²) in [5, 5.41) is 7.13. The maximum absolute atomic E-state index is 11.9. The minimum absolute atomic E-state index is 0.160. The lowest BCUT2D eigenvalue weighted by molar-refractivity contribution is -0.111. The van der Waals surface area contributed by atoms with Crippen molar-refractivity contribution in [2.45, 2.75) is 13.8 Å². The van der Waals surface area contributed by atoms with Crippen molar-refractivity contribution in [2.24, 2.45) is 7.05 Å². The van der Waals surface area contributed by atoms with Crippen molar-refractivity contribution >= 4 is 33.6 Å². The van der Waals surface area contributed by atoms with Gasteiger partial charge in [-0.2, -0.15) is 5.10 Å². The summed E-state index contributed by atoms with van der Waals surface area (Å²) in [6.07, 6.45) is 3.30. The lowest BCUT2D eigenvalue weighted by atomic mass is 10.2. The average molecular weight is 334 g/mol. The maximum Gasteiger partial charge on any atom is 0.248 e. The van der Waals surface area contributed by atoms with Gasteiger partial charge in [-0.25, -0.2) is 0 Å². The highest BCUT2D eigenvalue weighted by Gasteiger charge is 2.10. The Labute approximate surface area is 126 Å². The molecule has 2 rings (SSSR count). The molecule has 20 heavy (non-hydrogen) atoms. The lowest BCUT2D eigenvalue weighted by Gasteiger charge is -2.02. The molecule has 0 aliphatic heterocycles. The molecular formula is C15H16BrN3O. The predicted octanol–water partition coefficient (Wildman–Crippen LogP) is 3.45. The highest BCUT2D eigenvalue weighted by Crippen LogP contribution is 2.18. The van der Waals surface area contributed by atoms with Gasteiger partial charge in [0, 0.05) is 17.6 Å². The third kappa shape index (κ3) is 3.36. The van der Waals surface area contributed by atoms with E-state index in [2.05, 4.69) is 26.3 Å². The second kappa shape index (κ2) is 6.05. The maximum atomic E-state index is 11.9. The van der Waals surface area contributed by atoms with E-state index in [1.807, 2.05) is 45.2 Å². The molecule has 1 amide bonds. The smallest absolute Gasteiger partial charge is 0.248 e. The van der Waals surface area contributed by atoms with Gasteiger partial charge in [0.05, 0.1) is 17.1 Å². The van der Waals surface area contributed by atoms with Crippen LogP contribution in [-0.2, 0) is 11.8 Å². The van der Waals surface area contributed by atoms with E-state index in [-0.39, 0.29) is 5.91 Å². The minimum Gasteiger partial charge on any atom is -0.319 e. The molecule has 0 atom stereocenters. The van der Waals surface area contributed by atoms with Gasteiger partial charge >= 0.3 is 0 Å². The summed E-state index contributed by atoms with van der Waals surface area (Å²) < 4.78 is 2.77. The lowest BCUT2D eigenvalue weighted by Crippen LogP contribution is -2.09. The Morgan fingerprint density at radius 2 is 1.95 bits per heavy atom. The number of rotatable bonds is 3.